The van der Waals surface area contributed by atoms with E-state index in [-0.39, 0.29) is 43.0 Å². The molecule has 1 aromatic heterocycles. The van der Waals surface area contributed by atoms with E-state index in [2.05, 4.69) is 15.6 Å². The van der Waals surface area contributed by atoms with E-state index in [9.17, 15) is 26.3 Å². The normalized spacial score (nSPS) is 12.1. The van der Waals surface area contributed by atoms with Crippen LogP contribution in [-0.4, -0.2) is 17.1 Å². The van der Waals surface area contributed by atoms with Gasteiger partial charge in [-0.15, -0.1) is 24.8 Å². The lowest BCUT2D eigenvalue weighted by Gasteiger charge is -2.28. The van der Waals surface area contributed by atoms with Gasteiger partial charge < -0.3 is 10.6 Å². The van der Waals surface area contributed by atoms with E-state index in [1.165, 1.54) is 0 Å². The van der Waals surface area contributed by atoms with Crippen LogP contribution in [0.1, 0.15) is 30.5 Å². The van der Waals surface area contributed by atoms with Crippen molar-refractivity contribution in [2.45, 2.75) is 38.3 Å². The minimum atomic E-state index is -4.90. The van der Waals surface area contributed by atoms with Gasteiger partial charge in [-0.05, 0) is 55.8 Å². The highest BCUT2D eigenvalue weighted by Crippen LogP contribution is 2.37. The third-order valence-corrected chi connectivity index (χ3v) is 5.16. The van der Waals surface area contributed by atoms with E-state index >= 15 is 0 Å². The van der Waals surface area contributed by atoms with Gasteiger partial charge >= 0.3 is 12.4 Å². The number of benzene rings is 2. The highest BCUT2D eigenvalue weighted by molar-refractivity contribution is 6.31. The Morgan fingerprint density at radius 3 is 2.18 bits per heavy atom. The summed E-state index contributed by atoms with van der Waals surface area (Å²) in [4.78, 5) is 4.25. The summed E-state index contributed by atoms with van der Waals surface area (Å²) in [5, 5.41) is 7.61. The van der Waals surface area contributed by atoms with Gasteiger partial charge in [0.1, 0.15) is 0 Å². The standard InChI is InChI=1S/C22H20ClF6N3.2ClH/c1-20(2,12-31-18-7-8-30-19-10-15(23)5-6-16(18)19)32-11-13-3-4-14(21(24,25)26)9-17(13)22(27,28)29;;/h3-10,32H,11-12H2,1-2H3,(H,30,31);2*1H. The second-order valence-electron chi connectivity index (χ2n) is 7.98. The Morgan fingerprint density at radius 2 is 1.56 bits per heavy atom. The van der Waals surface area contributed by atoms with Crippen molar-refractivity contribution in [3.8, 4) is 0 Å². The lowest BCUT2D eigenvalue weighted by Crippen LogP contribution is -2.45. The number of nitrogens with one attached hydrogen (secondary N) is 2. The topological polar surface area (TPSA) is 37.0 Å². The van der Waals surface area contributed by atoms with Gasteiger partial charge in [0.2, 0.25) is 0 Å². The van der Waals surface area contributed by atoms with Crippen LogP contribution in [0.5, 0.6) is 0 Å². The van der Waals surface area contributed by atoms with Gasteiger partial charge in [0, 0.05) is 40.9 Å². The van der Waals surface area contributed by atoms with Crippen LogP contribution in [0.2, 0.25) is 5.02 Å². The van der Waals surface area contributed by atoms with E-state index in [4.69, 9.17) is 11.6 Å². The number of fused-ring (bicyclic) bond motifs is 1. The van der Waals surface area contributed by atoms with E-state index in [0.717, 1.165) is 17.1 Å². The van der Waals surface area contributed by atoms with Crippen molar-refractivity contribution < 1.29 is 26.3 Å². The fourth-order valence-electron chi connectivity index (χ4n) is 3.16. The van der Waals surface area contributed by atoms with Crippen molar-refractivity contribution in [3.05, 3.63) is 70.4 Å². The zero-order chi connectivity index (χ0) is 23.7. The monoisotopic (exact) mass is 547 g/mol. The molecular weight excluding hydrogens is 527 g/mol. The van der Waals surface area contributed by atoms with Crippen molar-refractivity contribution in [3.63, 3.8) is 0 Å². The molecule has 0 saturated heterocycles. The number of aromatic nitrogens is 1. The summed E-state index contributed by atoms with van der Waals surface area (Å²) in [5.74, 6) is 0. The van der Waals surface area contributed by atoms with Gasteiger partial charge in [-0.2, -0.15) is 26.3 Å². The number of alkyl halides is 6. The first-order valence-electron chi connectivity index (χ1n) is 9.57. The Labute approximate surface area is 210 Å². The molecule has 12 heteroatoms. The molecule has 0 unspecified atom stereocenters. The largest absolute Gasteiger partial charge is 0.416 e. The first-order valence-corrected chi connectivity index (χ1v) is 9.94. The first-order chi connectivity index (χ1) is 14.8. The molecule has 0 aliphatic heterocycles. The Hall–Kier alpha value is -1.94. The smallest absolute Gasteiger partial charge is 0.383 e. The molecule has 2 N–H and O–H groups in total. The van der Waals surface area contributed by atoms with Gasteiger partial charge in [-0.3, -0.25) is 4.98 Å². The van der Waals surface area contributed by atoms with Gasteiger partial charge in [0.15, 0.2) is 0 Å². The second kappa shape index (κ2) is 11.2. The average molecular weight is 549 g/mol. The molecule has 3 aromatic rings. The zero-order valence-corrected chi connectivity index (χ0v) is 20.3. The van der Waals surface area contributed by atoms with Crippen molar-refractivity contribution in [2.75, 3.05) is 11.9 Å². The molecule has 188 valence electrons. The molecule has 0 atom stereocenters. The van der Waals surface area contributed by atoms with Crippen LogP contribution in [0.3, 0.4) is 0 Å². The van der Waals surface area contributed by atoms with Crippen LogP contribution >= 0.6 is 36.4 Å². The molecule has 1 heterocycles. The average Bonchev–Trinajstić information content (AvgIpc) is 2.69. The fourth-order valence-corrected chi connectivity index (χ4v) is 3.33. The third kappa shape index (κ3) is 7.53. The minimum absolute atomic E-state index is 0. The summed E-state index contributed by atoms with van der Waals surface area (Å²) in [6, 6.07) is 8.69. The lowest BCUT2D eigenvalue weighted by atomic mass is 10.0. The molecule has 0 saturated carbocycles. The summed E-state index contributed by atoms with van der Waals surface area (Å²) < 4.78 is 78.6. The Bertz CT molecular complexity index is 1120. The molecule has 0 fully saturated rings. The van der Waals surface area contributed by atoms with Crippen LogP contribution < -0.4 is 10.6 Å². The molecule has 0 amide bonds. The van der Waals surface area contributed by atoms with E-state index in [1.54, 1.807) is 38.2 Å². The third-order valence-electron chi connectivity index (χ3n) is 4.93. The predicted molar refractivity (Wildman–Crippen MR) is 127 cm³/mol. The summed E-state index contributed by atoms with van der Waals surface area (Å²) in [7, 11) is 0. The van der Waals surface area contributed by atoms with Crippen molar-refractivity contribution in [1.82, 2.24) is 10.3 Å². The second-order valence-corrected chi connectivity index (χ2v) is 8.41. The minimum Gasteiger partial charge on any atom is -0.383 e. The van der Waals surface area contributed by atoms with Gasteiger partial charge in [0.25, 0.3) is 0 Å². The maximum Gasteiger partial charge on any atom is 0.416 e. The molecule has 0 aliphatic carbocycles. The zero-order valence-electron chi connectivity index (χ0n) is 17.9. The van der Waals surface area contributed by atoms with Crippen molar-refractivity contribution in [1.29, 1.82) is 0 Å². The molecule has 2 aromatic carbocycles. The van der Waals surface area contributed by atoms with Crippen molar-refractivity contribution in [2.24, 2.45) is 0 Å². The van der Waals surface area contributed by atoms with Crippen LogP contribution in [0.15, 0.2) is 48.7 Å². The molecule has 0 radical (unpaired) electrons. The number of anilines is 1. The molecule has 34 heavy (non-hydrogen) atoms. The van der Waals surface area contributed by atoms with E-state index in [1.807, 2.05) is 6.07 Å². The SMILES string of the molecule is CC(C)(CNc1ccnc2cc(Cl)ccc12)NCc1ccc(C(F)(F)F)cc1C(F)(F)F.Cl.Cl. The molecular formula is C22H22Cl3F6N3. The van der Waals surface area contributed by atoms with Crippen LogP contribution in [0.4, 0.5) is 32.0 Å². The van der Waals surface area contributed by atoms with Gasteiger partial charge in [0.05, 0.1) is 16.6 Å². The molecule has 0 bridgehead atoms. The number of halogens is 9. The molecule has 3 nitrogen and oxygen atoms in total. The molecule has 3 rings (SSSR count). The van der Waals surface area contributed by atoms with Gasteiger partial charge in [-0.1, -0.05) is 17.7 Å². The quantitative estimate of drug-likeness (QED) is 0.309. The maximum absolute atomic E-state index is 13.4. The Balaban J connectivity index is 0.00000289. The van der Waals surface area contributed by atoms with Crippen LogP contribution in [0, 0.1) is 0 Å². The number of hydrogen-bond donors (Lipinski definition) is 2. The number of rotatable bonds is 6. The first kappa shape index (κ1) is 30.1. The Morgan fingerprint density at radius 1 is 0.882 bits per heavy atom. The summed E-state index contributed by atoms with van der Waals surface area (Å²) >= 11 is 5.99. The van der Waals surface area contributed by atoms with E-state index < -0.39 is 29.0 Å². The summed E-state index contributed by atoms with van der Waals surface area (Å²) in [6.07, 6.45) is -8.15. The van der Waals surface area contributed by atoms with Gasteiger partial charge in [-0.25, -0.2) is 0 Å². The maximum atomic E-state index is 13.4. The summed E-state index contributed by atoms with van der Waals surface area (Å²) in [5.41, 5.74) is -2.13. The highest BCUT2D eigenvalue weighted by Gasteiger charge is 2.38. The Kier molecular flexibility index (Phi) is 9.91. The lowest BCUT2D eigenvalue weighted by molar-refractivity contribution is -0.143. The van der Waals surface area contributed by atoms with Crippen molar-refractivity contribution >= 4 is 53.0 Å². The molecule has 0 spiro atoms. The number of nitrogens with zero attached hydrogens (tertiary/aromatic N) is 1. The predicted octanol–water partition coefficient (Wildman–Crippen LogP) is 7.75. The van der Waals surface area contributed by atoms with E-state index in [0.29, 0.717) is 23.2 Å². The highest BCUT2D eigenvalue weighted by atomic mass is 35.5. The van der Waals surface area contributed by atoms with Crippen LogP contribution in [0.25, 0.3) is 10.9 Å². The summed E-state index contributed by atoms with van der Waals surface area (Å²) in [6.45, 7) is 3.63. The number of pyridine rings is 1. The number of hydrogen-bond acceptors (Lipinski definition) is 3. The molecule has 0 aliphatic rings. The van der Waals surface area contributed by atoms with Crippen LogP contribution in [-0.2, 0) is 18.9 Å². The fraction of sp³-hybridized carbons (Fsp3) is 0.318.